The van der Waals surface area contributed by atoms with Crippen molar-refractivity contribution in [2.45, 2.75) is 24.4 Å². The maximum absolute atomic E-state index is 9.48. The summed E-state index contributed by atoms with van der Waals surface area (Å²) in [4.78, 5) is 0. The van der Waals surface area contributed by atoms with E-state index in [1.807, 2.05) is 0 Å². The van der Waals surface area contributed by atoms with Gasteiger partial charge in [-0.05, 0) is 0 Å². The summed E-state index contributed by atoms with van der Waals surface area (Å²) >= 11 is 0. The second kappa shape index (κ2) is 3.68. The van der Waals surface area contributed by atoms with Crippen LogP contribution in [0.3, 0.4) is 0 Å². The molecule has 0 radical (unpaired) electrons. The van der Waals surface area contributed by atoms with Crippen molar-refractivity contribution in [3.05, 3.63) is 0 Å². The van der Waals surface area contributed by atoms with Crippen molar-refractivity contribution in [2.24, 2.45) is 0 Å². The van der Waals surface area contributed by atoms with Gasteiger partial charge in [0.15, 0.2) is 0 Å². The molecule has 1 aliphatic heterocycles. The van der Waals surface area contributed by atoms with Gasteiger partial charge in [0.1, 0.15) is 12.7 Å². The zero-order valence-electron chi connectivity index (χ0n) is 6.93. The molecule has 0 aromatic carbocycles. The number of aliphatic hydroxyl groups is 3. The van der Waals surface area contributed by atoms with Crippen LogP contribution in [0.2, 0.25) is 0 Å². The van der Waals surface area contributed by atoms with Gasteiger partial charge in [-0.3, -0.25) is 0 Å². The van der Waals surface area contributed by atoms with E-state index in [0.29, 0.717) is 0 Å². The molecule has 1 rings (SSSR count). The maximum Gasteiger partial charge on any atom is 0.216 e. The molecule has 0 amide bonds. The minimum absolute atomic E-state index is 0.115. The lowest BCUT2D eigenvalue weighted by Crippen LogP contribution is -2.54. The largest absolute Gasteiger partial charge is 0.394 e. The van der Waals surface area contributed by atoms with Crippen LogP contribution in [0.1, 0.15) is 6.42 Å². The normalized spacial score (nSPS) is 43.0. The smallest absolute Gasteiger partial charge is 0.216 e. The molecule has 72 valence electrons. The predicted molar refractivity (Wildman–Crippen MR) is 39.4 cm³/mol. The number of hydrogen-bond donors (Lipinski definition) is 3. The molecule has 0 bridgehead atoms. The van der Waals surface area contributed by atoms with Crippen molar-refractivity contribution >= 4 is 0 Å². The number of methoxy groups -OCH3 is 1. The standard InChI is InChI=1S/C7H14O5/c1-11-7(10)4-12-5(3-8)2-6(7)9/h5-6,8-10H,2-4H2,1H3. The average Bonchev–Trinajstić information content (AvgIpc) is 2.10. The van der Waals surface area contributed by atoms with Gasteiger partial charge < -0.3 is 24.8 Å². The number of rotatable bonds is 2. The van der Waals surface area contributed by atoms with Crippen molar-refractivity contribution in [1.29, 1.82) is 0 Å². The quantitative estimate of drug-likeness (QED) is 0.447. The van der Waals surface area contributed by atoms with Crippen LogP contribution >= 0.6 is 0 Å². The van der Waals surface area contributed by atoms with E-state index in [1.54, 1.807) is 0 Å². The minimum atomic E-state index is -1.62. The molecule has 0 aromatic heterocycles. The lowest BCUT2D eigenvalue weighted by Gasteiger charge is -2.38. The highest BCUT2D eigenvalue weighted by Crippen LogP contribution is 2.23. The highest BCUT2D eigenvalue weighted by molar-refractivity contribution is 4.84. The van der Waals surface area contributed by atoms with E-state index in [4.69, 9.17) is 9.84 Å². The van der Waals surface area contributed by atoms with Gasteiger partial charge in [0.25, 0.3) is 0 Å². The first-order valence-corrected chi connectivity index (χ1v) is 3.80. The highest BCUT2D eigenvalue weighted by atomic mass is 16.7. The summed E-state index contributed by atoms with van der Waals surface area (Å²) in [6, 6.07) is 0. The molecule has 0 spiro atoms. The molecular formula is C7H14O5. The Hall–Kier alpha value is -0.200. The Bertz CT molecular complexity index is 151. The van der Waals surface area contributed by atoms with Crippen LogP contribution in [0, 0.1) is 0 Å². The Kier molecular flexibility index (Phi) is 3.03. The van der Waals surface area contributed by atoms with E-state index in [0.717, 1.165) is 0 Å². The molecule has 3 unspecified atom stereocenters. The van der Waals surface area contributed by atoms with Gasteiger partial charge >= 0.3 is 0 Å². The monoisotopic (exact) mass is 178 g/mol. The first-order chi connectivity index (χ1) is 5.62. The molecule has 3 N–H and O–H groups in total. The van der Waals surface area contributed by atoms with Crippen LogP contribution < -0.4 is 0 Å². The van der Waals surface area contributed by atoms with Gasteiger partial charge in [0, 0.05) is 13.5 Å². The molecule has 0 aromatic rings. The molecule has 5 heteroatoms. The van der Waals surface area contributed by atoms with Gasteiger partial charge in [0.05, 0.1) is 12.7 Å². The number of hydrogen-bond acceptors (Lipinski definition) is 5. The second-order valence-electron chi connectivity index (χ2n) is 2.92. The number of aliphatic hydroxyl groups excluding tert-OH is 2. The topological polar surface area (TPSA) is 79.2 Å². The van der Waals surface area contributed by atoms with Gasteiger partial charge in [-0.15, -0.1) is 0 Å². The SMILES string of the molecule is COC1(O)COC(CO)CC1O. The van der Waals surface area contributed by atoms with E-state index in [9.17, 15) is 10.2 Å². The molecule has 1 aliphatic rings. The summed E-state index contributed by atoms with van der Waals surface area (Å²) < 4.78 is 9.70. The fourth-order valence-corrected chi connectivity index (χ4v) is 1.16. The number of ether oxygens (including phenoxy) is 2. The molecular weight excluding hydrogens is 164 g/mol. The van der Waals surface area contributed by atoms with Crippen molar-refractivity contribution < 1.29 is 24.8 Å². The maximum atomic E-state index is 9.48. The van der Waals surface area contributed by atoms with Crippen LogP contribution in [-0.4, -0.2) is 53.6 Å². The Morgan fingerprint density at radius 2 is 2.33 bits per heavy atom. The van der Waals surface area contributed by atoms with Gasteiger partial charge in [-0.2, -0.15) is 0 Å². The summed E-state index contributed by atoms with van der Waals surface area (Å²) in [5, 5.41) is 27.5. The molecule has 3 atom stereocenters. The summed E-state index contributed by atoms with van der Waals surface area (Å²) in [5.41, 5.74) is 0. The molecule has 5 nitrogen and oxygen atoms in total. The zero-order chi connectivity index (χ0) is 9.19. The van der Waals surface area contributed by atoms with Gasteiger partial charge in [-0.1, -0.05) is 0 Å². The van der Waals surface area contributed by atoms with Crippen LogP contribution in [0.5, 0.6) is 0 Å². The summed E-state index contributed by atoms with van der Waals surface area (Å²) in [6.45, 7) is -0.271. The summed E-state index contributed by atoms with van der Waals surface area (Å²) in [6.07, 6.45) is -1.23. The highest BCUT2D eigenvalue weighted by Gasteiger charge is 2.42. The van der Waals surface area contributed by atoms with E-state index in [1.165, 1.54) is 7.11 Å². The third-order valence-corrected chi connectivity index (χ3v) is 2.09. The Morgan fingerprint density at radius 3 is 2.75 bits per heavy atom. The van der Waals surface area contributed by atoms with Crippen molar-refractivity contribution in [3.63, 3.8) is 0 Å². The molecule has 0 aliphatic carbocycles. The van der Waals surface area contributed by atoms with E-state index in [2.05, 4.69) is 4.74 Å². The molecule has 1 saturated heterocycles. The first-order valence-electron chi connectivity index (χ1n) is 3.80. The van der Waals surface area contributed by atoms with Crippen LogP contribution in [0.25, 0.3) is 0 Å². The molecule has 1 fully saturated rings. The first kappa shape index (κ1) is 9.88. The predicted octanol–water partition coefficient (Wildman–Crippen LogP) is -1.54. The Balaban J connectivity index is 2.53. The second-order valence-corrected chi connectivity index (χ2v) is 2.92. The molecule has 1 heterocycles. The third-order valence-electron chi connectivity index (χ3n) is 2.09. The van der Waals surface area contributed by atoms with Crippen molar-refractivity contribution in [3.8, 4) is 0 Å². The zero-order valence-corrected chi connectivity index (χ0v) is 6.93. The van der Waals surface area contributed by atoms with Crippen LogP contribution in [-0.2, 0) is 9.47 Å². The van der Waals surface area contributed by atoms with Crippen molar-refractivity contribution in [2.75, 3.05) is 20.3 Å². The van der Waals surface area contributed by atoms with E-state index in [-0.39, 0.29) is 19.6 Å². The Morgan fingerprint density at radius 1 is 1.67 bits per heavy atom. The Labute approximate surface area is 70.5 Å². The molecule has 12 heavy (non-hydrogen) atoms. The fraction of sp³-hybridized carbons (Fsp3) is 1.00. The van der Waals surface area contributed by atoms with Crippen LogP contribution in [0.4, 0.5) is 0 Å². The van der Waals surface area contributed by atoms with E-state index >= 15 is 0 Å². The van der Waals surface area contributed by atoms with Gasteiger partial charge in [-0.25, -0.2) is 0 Å². The average molecular weight is 178 g/mol. The van der Waals surface area contributed by atoms with E-state index < -0.39 is 18.0 Å². The fourth-order valence-electron chi connectivity index (χ4n) is 1.16. The van der Waals surface area contributed by atoms with Crippen molar-refractivity contribution in [1.82, 2.24) is 0 Å². The lowest BCUT2D eigenvalue weighted by atomic mass is 10.0. The minimum Gasteiger partial charge on any atom is -0.394 e. The summed E-state index contributed by atoms with van der Waals surface area (Å²) in [5.74, 6) is -1.62. The lowest BCUT2D eigenvalue weighted by molar-refractivity contribution is -0.301. The third kappa shape index (κ3) is 1.75. The van der Waals surface area contributed by atoms with Crippen LogP contribution in [0.15, 0.2) is 0 Å². The van der Waals surface area contributed by atoms with Gasteiger partial charge in [0.2, 0.25) is 5.79 Å². The molecule has 0 saturated carbocycles. The summed E-state index contributed by atoms with van der Waals surface area (Å²) in [7, 11) is 1.30.